The third-order valence-corrected chi connectivity index (χ3v) is 2.55. The largest absolute Gasteiger partial charge is 0.396 e. The van der Waals surface area contributed by atoms with E-state index < -0.39 is 0 Å². The molecule has 0 radical (unpaired) electrons. The Morgan fingerprint density at radius 3 is 2.73 bits per heavy atom. The summed E-state index contributed by atoms with van der Waals surface area (Å²) < 4.78 is 5.61. The second-order valence-electron chi connectivity index (χ2n) is 3.04. The number of ether oxygens (including phenoxy) is 1. The highest BCUT2D eigenvalue weighted by atomic mass is 16.5. The molecule has 1 saturated heterocycles. The van der Waals surface area contributed by atoms with Gasteiger partial charge in [0.2, 0.25) is 0 Å². The predicted octanol–water partition coefficient (Wildman–Crippen LogP) is 0.437. The van der Waals surface area contributed by atoms with Crippen molar-refractivity contribution in [3.63, 3.8) is 0 Å². The average molecular weight is 159 g/mol. The molecule has 1 atom stereocenters. The Kier molecular flexibility index (Phi) is 2.87. The van der Waals surface area contributed by atoms with E-state index in [0.717, 1.165) is 26.0 Å². The van der Waals surface area contributed by atoms with Gasteiger partial charge in [-0.1, -0.05) is 6.92 Å². The summed E-state index contributed by atoms with van der Waals surface area (Å²) in [5.41, 5.74) is -0.172. The van der Waals surface area contributed by atoms with Crippen molar-refractivity contribution in [1.29, 1.82) is 0 Å². The molecule has 1 aliphatic heterocycles. The summed E-state index contributed by atoms with van der Waals surface area (Å²) in [6.45, 7) is 4.08. The summed E-state index contributed by atoms with van der Waals surface area (Å²) in [6.07, 6.45) is 1.67. The van der Waals surface area contributed by atoms with Gasteiger partial charge in [0.25, 0.3) is 0 Å². The molecular formula is C8H17NO2. The number of aliphatic hydroxyl groups excluding tert-OH is 1. The van der Waals surface area contributed by atoms with Crippen LogP contribution < -0.4 is 0 Å². The van der Waals surface area contributed by atoms with Crippen LogP contribution in [0.15, 0.2) is 0 Å². The standard InChI is InChI=1S/C8H17NO2/c1-3-8(4-6-10)9(2)5-7-11-8/h10H,3-7H2,1-2H3. The van der Waals surface area contributed by atoms with Crippen molar-refractivity contribution in [2.24, 2.45) is 0 Å². The van der Waals surface area contributed by atoms with Gasteiger partial charge in [0.1, 0.15) is 5.72 Å². The summed E-state index contributed by atoms with van der Waals surface area (Å²) in [6, 6.07) is 0. The minimum Gasteiger partial charge on any atom is -0.396 e. The Balaban J connectivity index is 2.57. The maximum atomic E-state index is 8.83. The van der Waals surface area contributed by atoms with Gasteiger partial charge >= 0.3 is 0 Å². The van der Waals surface area contributed by atoms with Crippen LogP contribution in [0, 0.1) is 0 Å². The molecule has 1 aliphatic rings. The fourth-order valence-corrected chi connectivity index (χ4v) is 1.67. The van der Waals surface area contributed by atoms with Crippen molar-refractivity contribution >= 4 is 0 Å². The first-order chi connectivity index (χ1) is 5.25. The fourth-order valence-electron chi connectivity index (χ4n) is 1.67. The van der Waals surface area contributed by atoms with Crippen LogP contribution in [0.4, 0.5) is 0 Å². The van der Waals surface area contributed by atoms with Gasteiger partial charge in [-0.2, -0.15) is 0 Å². The lowest BCUT2D eigenvalue weighted by molar-refractivity contribution is -0.0889. The number of aliphatic hydroxyl groups is 1. The molecule has 0 saturated carbocycles. The molecule has 0 spiro atoms. The molecule has 1 unspecified atom stereocenters. The highest BCUT2D eigenvalue weighted by Crippen LogP contribution is 2.28. The summed E-state index contributed by atoms with van der Waals surface area (Å²) >= 11 is 0. The summed E-state index contributed by atoms with van der Waals surface area (Å²) in [4.78, 5) is 2.18. The van der Waals surface area contributed by atoms with E-state index in [4.69, 9.17) is 9.84 Å². The lowest BCUT2D eigenvalue weighted by Crippen LogP contribution is -2.42. The highest BCUT2D eigenvalue weighted by Gasteiger charge is 2.37. The third kappa shape index (κ3) is 1.55. The van der Waals surface area contributed by atoms with Crippen LogP contribution in [0.25, 0.3) is 0 Å². The molecule has 1 heterocycles. The van der Waals surface area contributed by atoms with Gasteiger partial charge in [0, 0.05) is 19.6 Å². The van der Waals surface area contributed by atoms with E-state index in [1.54, 1.807) is 0 Å². The zero-order valence-corrected chi connectivity index (χ0v) is 7.34. The van der Waals surface area contributed by atoms with Crippen LogP contribution in [0.1, 0.15) is 19.8 Å². The van der Waals surface area contributed by atoms with Crippen LogP contribution in [0.3, 0.4) is 0 Å². The minimum absolute atomic E-state index is 0.172. The van der Waals surface area contributed by atoms with Gasteiger partial charge in [-0.05, 0) is 13.5 Å². The van der Waals surface area contributed by atoms with E-state index in [0.29, 0.717) is 0 Å². The van der Waals surface area contributed by atoms with Gasteiger partial charge in [-0.15, -0.1) is 0 Å². The molecule has 3 heteroatoms. The van der Waals surface area contributed by atoms with Crippen LogP contribution in [0.2, 0.25) is 0 Å². The van der Waals surface area contributed by atoms with Crippen molar-refractivity contribution in [3.05, 3.63) is 0 Å². The van der Waals surface area contributed by atoms with Gasteiger partial charge in [0.05, 0.1) is 6.61 Å². The number of nitrogens with zero attached hydrogens (tertiary/aromatic N) is 1. The summed E-state index contributed by atoms with van der Waals surface area (Å²) in [7, 11) is 2.05. The normalized spacial score (nSPS) is 33.0. The van der Waals surface area contributed by atoms with Crippen molar-refractivity contribution < 1.29 is 9.84 Å². The maximum absolute atomic E-state index is 8.83. The number of hydrogen-bond donors (Lipinski definition) is 1. The minimum atomic E-state index is -0.172. The van der Waals surface area contributed by atoms with Crippen LogP contribution in [0.5, 0.6) is 0 Å². The van der Waals surface area contributed by atoms with E-state index >= 15 is 0 Å². The van der Waals surface area contributed by atoms with Gasteiger partial charge < -0.3 is 9.84 Å². The van der Waals surface area contributed by atoms with E-state index in [1.807, 2.05) is 7.05 Å². The predicted molar refractivity (Wildman–Crippen MR) is 43.3 cm³/mol. The maximum Gasteiger partial charge on any atom is 0.123 e. The van der Waals surface area contributed by atoms with Crippen molar-refractivity contribution in [2.75, 3.05) is 26.8 Å². The zero-order valence-electron chi connectivity index (χ0n) is 7.34. The molecular weight excluding hydrogens is 142 g/mol. The van der Waals surface area contributed by atoms with Crippen molar-refractivity contribution in [3.8, 4) is 0 Å². The van der Waals surface area contributed by atoms with E-state index in [-0.39, 0.29) is 12.3 Å². The molecule has 0 aromatic heterocycles. The highest BCUT2D eigenvalue weighted by molar-refractivity contribution is 4.82. The molecule has 0 aliphatic carbocycles. The van der Waals surface area contributed by atoms with E-state index in [2.05, 4.69) is 11.8 Å². The van der Waals surface area contributed by atoms with Crippen LogP contribution in [-0.2, 0) is 4.74 Å². The Hall–Kier alpha value is -0.120. The van der Waals surface area contributed by atoms with Crippen LogP contribution in [-0.4, -0.2) is 42.5 Å². The molecule has 0 bridgehead atoms. The Bertz CT molecular complexity index is 129. The Labute approximate surface area is 68.0 Å². The Morgan fingerprint density at radius 2 is 2.36 bits per heavy atom. The molecule has 1 rings (SSSR count). The van der Waals surface area contributed by atoms with Gasteiger partial charge in [0.15, 0.2) is 0 Å². The molecule has 1 N–H and O–H groups in total. The topological polar surface area (TPSA) is 32.7 Å². The first-order valence-corrected chi connectivity index (χ1v) is 4.21. The fraction of sp³-hybridized carbons (Fsp3) is 1.00. The lowest BCUT2D eigenvalue weighted by Gasteiger charge is -2.33. The van der Waals surface area contributed by atoms with Crippen molar-refractivity contribution in [1.82, 2.24) is 4.90 Å². The molecule has 11 heavy (non-hydrogen) atoms. The smallest absolute Gasteiger partial charge is 0.123 e. The zero-order chi connectivity index (χ0) is 8.32. The third-order valence-electron chi connectivity index (χ3n) is 2.55. The first kappa shape index (κ1) is 8.97. The molecule has 3 nitrogen and oxygen atoms in total. The second-order valence-corrected chi connectivity index (χ2v) is 3.04. The summed E-state index contributed by atoms with van der Waals surface area (Å²) in [5.74, 6) is 0. The number of rotatable bonds is 3. The molecule has 0 aromatic carbocycles. The average Bonchev–Trinajstić information content (AvgIpc) is 2.35. The second kappa shape index (κ2) is 3.52. The molecule has 1 fully saturated rings. The lowest BCUT2D eigenvalue weighted by atomic mass is 10.1. The number of hydrogen-bond acceptors (Lipinski definition) is 3. The molecule has 0 amide bonds. The van der Waals surface area contributed by atoms with Crippen molar-refractivity contribution in [2.45, 2.75) is 25.5 Å². The summed E-state index contributed by atoms with van der Waals surface area (Å²) in [5, 5.41) is 8.83. The Morgan fingerprint density at radius 1 is 1.64 bits per heavy atom. The quantitative estimate of drug-likeness (QED) is 0.648. The van der Waals surface area contributed by atoms with E-state index in [9.17, 15) is 0 Å². The molecule has 66 valence electrons. The van der Waals surface area contributed by atoms with E-state index in [1.165, 1.54) is 0 Å². The SMILES string of the molecule is CCC1(CCO)OCCN1C. The van der Waals surface area contributed by atoms with Gasteiger partial charge in [-0.3, -0.25) is 4.90 Å². The monoisotopic (exact) mass is 159 g/mol. The number of likely N-dealkylation sites (N-methyl/N-ethyl adjacent to an activating group) is 1. The van der Waals surface area contributed by atoms with Crippen LogP contribution >= 0.6 is 0 Å². The van der Waals surface area contributed by atoms with Gasteiger partial charge in [-0.25, -0.2) is 0 Å². The molecule has 0 aromatic rings. The first-order valence-electron chi connectivity index (χ1n) is 4.21.